The van der Waals surface area contributed by atoms with E-state index in [1.807, 2.05) is 204 Å². The second-order valence-corrected chi connectivity index (χ2v) is 25.2. The molecule has 8 aromatic heterocycles. The number of fused-ring (bicyclic) bond motifs is 12. The third kappa shape index (κ3) is 12.1. The molecule has 0 aliphatic carbocycles. The van der Waals surface area contributed by atoms with E-state index in [4.69, 9.17) is 0 Å². The Bertz CT molecular complexity index is 5750. The van der Waals surface area contributed by atoms with Gasteiger partial charge in [0.2, 0.25) is 0 Å². The second-order valence-electron chi connectivity index (χ2n) is 25.2. The predicted octanol–water partition coefficient (Wildman–Crippen LogP) is 20.1. The van der Waals surface area contributed by atoms with E-state index in [1.165, 1.54) is 0 Å². The number of para-hydroxylation sites is 11. The molecular weight excluding hydrogens is 1890 g/mol. The first-order chi connectivity index (χ1) is 51.9. The molecule has 11 heterocycles. The summed E-state index contributed by atoms with van der Waals surface area (Å²) in [6, 6.07) is 104. The first kappa shape index (κ1) is 70.0. The van der Waals surface area contributed by atoms with Crippen molar-refractivity contribution in [2.75, 3.05) is 29.4 Å². The minimum atomic E-state index is 0. The summed E-state index contributed by atoms with van der Waals surface area (Å²) in [5, 5.41) is 38.4. The maximum Gasteiger partial charge on any atom is 2.00 e. The van der Waals surface area contributed by atoms with Crippen LogP contribution in [-0.4, -0.2) is 53.9 Å². The van der Waals surface area contributed by atoms with Gasteiger partial charge in [0, 0.05) is 58.9 Å². The van der Waals surface area contributed by atoms with Crippen LogP contribution in [0.15, 0.2) is 316 Å². The van der Waals surface area contributed by atoms with E-state index in [9.17, 15) is 15.3 Å². The average molecular weight is 1940 g/mol. The quantitative estimate of drug-likeness (QED) is 0.117. The third-order valence-corrected chi connectivity index (χ3v) is 19.1. The minimum Gasteiger partial charge on any atom is -0.506 e. The first-order valence-electron chi connectivity index (χ1n) is 34.1. The van der Waals surface area contributed by atoms with Crippen LogP contribution >= 0.6 is 0 Å². The number of phenolic OH excluding ortho intramolecular Hbond substituents is 3. The van der Waals surface area contributed by atoms with Gasteiger partial charge in [0.05, 0.1) is 28.4 Å². The van der Waals surface area contributed by atoms with Crippen LogP contribution in [-0.2, 0) is 63.2 Å². The zero-order chi connectivity index (χ0) is 70.1. The summed E-state index contributed by atoms with van der Waals surface area (Å²) in [5.74, 6) is 4.68. The molecule has 0 atom stereocenters. The largest absolute Gasteiger partial charge is 2.00 e. The zero-order valence-corrected chi connectivity index (χ0v) is 63.6. The Balaban J connectivity index is 0.000000122. The summed E-state index contributed by atoms with van der Waals surface area (Å²) in [5.41, 5.74) is 14.6. The molecule has 18 aromatic rings. The summed E-state index contributed by atoms with van der Waals surface area (Å²) in [7, 11) is 0. The number of phenols is 3. The summed E-state index contributed by atoms with van der Waals surface area (Å²) in [6.45, 7) is 5.89. The van der Waals surface area contributed by atoms with Crippen LogP contribution in [0.25, 0.3) is 82.9 Å². The molecule has 0 radical (unpaired) electrons. The van der Waals surface area contributed by atoms with Gasteiger partial charge in [0.1, 0.15) is 46.3 Å². The fourth-order valence-electron chi connectivity index (χ4n) is 14.5. The van der Waals surface area contributed by atoms with E-state index in [2.05, 4.69) is 176 Å². The average Bonchev–Trinajstić information content (AvgIpc) is 1.59. The van der Waals surface area contributed by atoms with Crippen molar-refractivity contribution < 1.29 is 78.5 Å². The van der Waals surface area contributed by atoms with Crippen LogP contribution in [0.4, 0.5) is 68.5 Å². The molecule has 3 N–H and O–H groups in total. The number of rotatable bonds is 9. The Morgan fingerprint density at radius 3 is 0.926 bits per heavy atom. The number of pyridine rings is 5. The van der Waals surface area contributed by atoms with Gasteiger partial charge in [-0.25, -0.2) is 24.9 Å². The minimum absolute atomic E-state index is 0. The predicted molar refractivity (Wildman–Crippen MR) is 417 cm³/mol. The molecule has 528 valence electrons. The fraction of sp³-hybridized carbons (Fsp3) is 0. The maximum atomic E-state index is 10.5. The Hall–Kier alpha value is -12.4. The SMILES string of the molecule is Oc1ccccc1N1[CH-]N(c2[c-]c3c(cc2)c2ccccc2n3-c2ccccn2)c2ccccc21.Oc1ccccc1N1[CH-]N(c2[c-]c3c(cc2)c2ccccc2n3-c2ccccn2)c2cccnc21.Oc1ccccc1N1[CH-]N(c2[c-]c3c(cc2)c2ccccc2n3-c2ccccn2)c2ncccc21.[Pt+2].[Pt+2].[Pt+2]. The Labute approximate surface area is 664 Å². The van der Waals surface area contributed by atoms with Crippen molar-refractivity contribution in [1.82, 2.24) is 38.6 Å². The molecule has 108 heavy (non-hydrogen) atoms. The van der Waals surface area contributed by atoms with Crippen molar-refractivity contribution >= 4 is 134 Å². The molecule has 0 unspecified atom stereocenters. The molecule has 10 aromatic carbocycles. The molecule has 0 saturated carbocycles. The smallest absolute Gasteiger partial charge is 0.506 e. The van der Waals surface area contributed by atoms with Crippen molar-refractivity contribution in [3.05, 3.63) is 354 Å². The summed E-state index contributed by atoms with van der Waals surface area (Å²) in [6.07, 6.45) is 8.96. The number of hydrogen-bond acceptors (Lipinski definition) is 14. The Kier molecular flexibility index (Phi) is 19.1. The third-order valence-electron chi connectivity index (χ3n) is 19.1. The van der Waals surface area contributed by atoms with Crippen LogP contribution in [0.2, 0.25) is 0 Å². The number of benzene rings is 10. The van der Waals surface area contributed by atoms with E-state index >= 15 is 0 Å². The maximum absolute atomic E-state index is 10.5. The molecular formula is C88H58N14O3Pt3. The number of hydrogen-bond donors (Lipinski definition) is 3. The van der Waals surface area contributed by atoms with Crippen LogP contribution in [0.5, 0.6) is 17.2 Å². The van der Waals surface area contributed by atoms with E-state index in [-0.39, 0.29) is 80.4 Å². The summed E-state index contributed by atoms with van der Waals surface area (Å²) >= 11 is 0. The van der Waals surface area contributed by atoms with E-state index in [1.54, 1.807) is 43.0 Å². The molecule has 0 saturated heterocycles. The number of aromatic hydroxyl groups is 3. The van der Waals surface area contributed by atoms with Gasteiger partial charge in [0.25, 0.3) is 0 Å². The van der Waals surface area contributed by atoms with Gasteiger partial charge in [0.15, 0.2) is 0 Å². The molecule has 21 rings (SSSR count). The summed E-state index contributed by atoms with van der Waals surface area (Å²) < 4.78 is 6.45. The van der Waals surface area contributed by atoms with Crippen LogP contribution in [0.3, 0.4) is 0 Å². The van der Waals surface area contributed by atoms with Crippen molar-refractivity contribution in [1.29, 1.82) is 0 Å². The molecule has 0 spiro atoms. The Morgan fingerprint density at radius 1 is 0.231 bits per heavy atom. The molecule has 20 heteroatoms. The van der Waals surface area contributed by atoms with Crippen LogP contribution in [0.1, 0.15) is 0 Å². The first-order valence-corrected chi connectivity index (χ1v) is 34.1. The van der Waals surface area contributed by atoms with Crippen LogP contribution in [0, 0.1) is 38.2 Å². The van der Waals surface area contributed by atoms with Gasteiger partial charge in [-0.1, -0.05) is 138 Å². The topological polar surface area (TPSA) is 159 Å². The van der Waals surface area contributed by atoms with E-state index in [0.29, 0.717) is 11.4 Å². The van der Waals surface area contributed by atoms with Gasteiger partial charge >= 0.3 is 63.2 Å². The summed E-state index contributed by atoms with van der Waals surface area (Å²) in [4.78, 5) is 35.2. The molecule has 0 fully saturated rings. The normalized spacial score (nSPS) is 12.7. The molecule has 0 amide bonds. The van der Waals surface area contributed by atoms with Gasteiger partial charge in [-0.2, -0.15) is 18.2 Å². The van der Waals surface area contributed by atoms with E-state index < -0.39 is 0 Å². The van der Waals surface area contributed by atoms with Gasteiger partial charge in [-0.3, -0.25) is 0 Å². The fourth-order valence-corrected chi connectivity index (χ4v) is 14.5. The Morgan fingerprint density at radius 2 is 0.519 bits per heavy atom. The molecule has 17 nitrogen and oxygen atoms in total. The van der Waals surface area contributed by atoms with Crippen LogP contribution < -0.4 is 29.4 Å². The number of aromatic nitrogens is 8. The van der Waals surface area contributed by atoms with Gasteiger partial charge in [-0.05, 0) is 144 Å². The standard InChI is InChI=1S/C30H20N4O.2C29H19N5O.3Pt/c35-29-14-6-5-13-27(29)33-20-32(25-11-3-4-12-26(25)33)21-16-17-23-22-9-1-2-10-24(22)34(28(23)19-21)30-15-7-8-18-31-30;35-27-12-4-3-10-24(27)33-19-32(29-25(33)11-7-17-31-29)20-14-15-22-21-8-1-2-9-23(21)34(26(22)18-20)28-13-5-6-16-30-28;35-27-12-4-3-10-24(27)33-19-32(25-11-7-17-31-29(25)33)20-14-15-22-21-8-1-2-9-23(21)34(26(22)18-20)28-13-5-6-16-30-28;;;/h1-18,20,35H;2*1-17,19,35H;;;/q3*-2;3*+2. The second kappa shape index (κ2) is 29.5. The monoisotopic (exact) mass is 1940 g/mol. The van der Waals surface area contributed by atoms with Gasteiger partial charge in [-0.15, -0.1) is 89.6 Å². The number of nitrogens with zero attached hydrogens (tertiary/aromatic N) is 14. The van der Waals surface area contributed by atoms with Crippen molar-refractivity contribution in [2.24, 2.45) is 0 Å². The van der Waals surface area contributed by atoms with Gasteiger partial charge < -0.3 is 58.4 Å². The number of anilines is 12. The van der Waals surface area contributed by atoms with Crippen molar-refractivity contribution in [2.45, 2.75) is 0 Å². The van der Waals surface area contributed by atoms with E-state index in [0.717, 1.165) is 140 Å². The van der Waals surface area contributed by atoms with Crippen molar-refractivity contribution in [3.8, 4) is 34.7 Å². The van der Waals surface area contributed by atoms with Crippen molar-refractivity contribution in [3.63, 3.8) is 0 Å². The molecule has 3 aliphatic rings. The molecule has 0 bridgehead atoms. The molecule has 3 aliphatic heterocycles. The zero-order valence-electron chi connectivity index (χ0n) is 56.8.